The molecule has 0 aliphatic heterocycles. The van der Waals surface area contributed by atoms with Crippen LogP contribution in [-0.2, 0) is 11.8 Å². The smallest absolute Gasteiger partial charge is 0.144 e. The zero-order valence-corrected chi connectivity index (χ0v) is 7.90. The molecule has 0 aliphatic rings. The molecule has 0 aliphatic carbocycles. The molecule has 0 radical (unpaired) electrons. The molecule has 1 aromatic rings. The second kappa shape index (κ2) is 4.61. The number of ether oxygens (including phenoxy) is 1. The molecular weight excluding hydrogens is 168 g/mol. The van der Waals surface area contributed by atoms with E-state index in [2.05, 4.69) is 9.98 Å². The molecule has 0 unspecified atom stereocenters. The fraction of sp³-hybridized carbons (Fsp3) is 0.500. The second-order valence-corrected chi connectivity index (χ2v) is 2.65. The molecule has 72 valence electrons. The Balaban J connectivity index is 2.62. The van der Waals surface area contributed by atoms with Crippen LogP contribution >= 0.6 is 0 Å². The molecule has 5 heteroatoms. The van der Waals surface area contributed by atoms with Crippen molar-refractivity contribution < 1.29 is 4.74 Å². The fourth-order valence-electron chi connectivity index (χ4n) is 0.942. The van der Waals surface area contributed by atoms with Crippen molar-refractivity contribution in [1.29, 1.82) is 0 Å². The third kappa shape index (κ3) is 2.55. The van der Waals surface area contributed by atoms with Crippen LogP contribution in [0.5, 0.6) is 0 Å². The number of imidazole rings is 1. The number of aryl methyl sites for hydroxylation is 1. The van der Waals surface area contributed by atoms with Crippen molar-refractivity contribution in [3.8, 4) is 0 Å². The van der Waals surface area contributed by atoms with Crippen LogP contribution < -0.4 is 5.73 Å². The molecule has 0 atom stereocenters. The van der Waals surface area contributed by atoms with Crippen LogP contribution in [0.2, 0.25) is 0 Å². The van der Waals surface area contributed by atoms with Gasteiger partial charge in [0.05, 0.1) is 25.7 Å². The number of aliphatic imine (C=N–C) groups is 1. The van der Waals surface area contributed by atoms with Gasteiger partial charge in [-0.2, -0.15) is 0 Å². The van der Waals surface area contributed by atoms with Gasteiger partial charge in [-0.25, -0.2) is 4.98 Å². The predicted octanol–water partition coefficient (Wildman–Crippen LogP) is -0.228. The highest BCUT2D eigenvalue weighted by atomic mass is 16.5. The Hall–Kier alpha value is -1.36. The summed E-state index contributed by atoms with van der Waals surface area (Å²) >= 11 is 0. The summed E-state index contributed by atoms with van der Waals surface area (Å²) in [5, 5.41) is 0. The Morgan fingerprint density at radius 2 is 2.54 bits per heavy atom. The summed E-state index contributed by atoms with van der Waals surface area (Å²) in [7, 11) is 3.51. The van der Waals surface area contributed by atoms with Crippen molar-refractivity contribution in [2.75, 3.05) is 20.3 Å². The Labute approximate surface area is 77.2 Å². The van der Waals surface area contributed by atoms with E-state index in [4.69, 9.17) is 10.5 Å². The zero-order chi connectivity index (χ0) is 9.68. The Morgan fingerprint density at radius 1 is 1.77 bits per heavy atom. The van der Waals surface area contributed by atoms with Gasteiger partial charge in [0.25, 0.3) is 0 Å². The van der Waals surface area contributed by atoms with Crippen molar-refractivity contribution >= 4 is 5.84 Å². The van der Waals surface area contributed by atoms with E-state index in [-0.39, 0.29) is 0 Å². The summed E-state index contributed by atoms with van der Waals surface area (Å²) in [5.41, 5.74) is 6.54. The van der Waals surface area contributed by atoms with Crippen LogP contribution in [-0.4, -0.2) is 35.6 Å². The average Bonchev–Trinajstić information content (AvgIpc) is 2.52. The Kier molecular flexibility index (Phi) is 3.45. The molecule has 0 spiro atoms. The van der Waals surface area contributed by atoms with Crippen molar-refractivity contribution in [2.45, 2.75) is 0 Å². The number of amidine groups is 1. The molecule has 1 aromatic heterocycles. The van der Waals surface area contributed by atoms with Gasteiger partial charge >= 0.3 is 0 Å². The molecule has 1 rings (SSSR count). The van der Waals surface area contributed by atoms with Gasteiger partial charge in [-0.3, -0.25) is 4.99 Å². The first-order valence-electron chi connectivity index (χ1n) is 4.01. The van der Waals surface area contributed by atoms with Crippen molar-refractivity contribution in [3.63, 3.8) is 0 Å². The first kappa shape index (κ1) is 9.73. The third-order valence-electron chi connectivity index (χ3n) is 1.66. The van der Waals surface area contributed by atoms with Crippen LogP contribution in [0.3, 0.4) is 0 Å². The standard InChI is InChI=1S/C8H14N4O/c1-12-6-10-5-7(12)8(9)11-3-4-13-2/h5-6H,3-4H2,1-2H3,(H2,9,11). The lowest BCUT2D eigenvalue weighted by molar-refractivity contribution is 0.208. The van der Waals surface area contributed by atoms with Gasteiger partial charge in [-0.1, -0.05) is 0 Å². The molecule has 0 aromatic carbocycles. The molecule has 0 amide bonds. The van der Waals surface area contributed by atoms with Gasteiger partial charge in [0.15, 0.2) is 0 Å². The van der Waals surface area contributed by atoms with E-state index in [9.17, 15) is 0 Å². The molecule has 0 fully saturated rings. The normalized spacial score (nSPS) is 12.0. The quantitative estimate of drug-likeness (QED) is 0.397. The van der Waals surface area contributed by atoms with Crippen LogP contribution in [0, 0.1) is 0 Å². The Bertz CT molecular complexity index is 292. The lowest BCUT2D eigenvalue weighted by Gasteiger charge is -2.00. The number of methoxy groups -OCH3 is 1. The lowest BCUT2D eigenvalue weighted by atomic mass is 10.4. The minimum atomic E-state index is 0.497. The summed E-state index contributed by atoms with van der Waals surface area (Å²) in [6.45, 7) is 1.16. The minimum absolute atomic E-state index is 0.497. The molecule has 0 bridgehead atoms. The fourth-order valence-corrected chi connectivity index (χ4v) is 0.942. The highest BCUT2D eigenvalue weighted by molar-refractivity contribution is 5.95. The number of nitrogens with two attached hydrogens (primary N) is 1. The van der Waals surface area contributed by atoms with Gasteiger partial charge < -0.3 is 15.0 Å². The summed E-state index contributed by atoms with van der Waals surface area (Å²) in [6.07, 6.45) is 3.37. The van der Waals surface area contributed by atoms with Crippen molar-refractivity contribution in [3.05, 3.63) is 18.2 Å². The molecule has 5 nitrogen and oxygen atoms in total. The number of nitrogens with zero attached hydrogens (tertiary/aromatic N) is 3. The lowest BCUT2D eigenvalue weighted by Crippen LogP contribution is -2.18. The maximum Gasteiger partial charge on any atom is 0.144 e. The monoisotopic (exact) mass is 182 g/mol. The average molecular weight is 182 g/mol. The first-order valence-corrected chi connectivity index (χ1v) is 4.01. The molecular formula is C8H14N4O. The number of rotatable bonds is 4. The maximum absolute atomic E-state index is 5.71. The summed E-state index contributed by atoms with van der Waals surface area (Å²) < 4.78 is 6.68. The molecule has 13 heavy (non-hydrogen) atoms. The largest absolute Gasteiger partial charge is 0.383 e. The van der Waals surface area contributed by atoms with Gasteiger partial charge in [0.2, 0.25) is 0 Å². The zero-order valence-electron chi connectivity index (χ0n) is 7.90. The van der Waals surface area contributed by atoms with Gasteiger partial charge in [0, 0.05) is 14.2 Å². The van der Waals surface area contributed by atoms with E-state index in [0.29, 0.717) is 19.0 Å². The van der Waals surface area contributed by atoms with Gasteiger partial charge in [-0.15, -0.1) is 0 Å². The van der Waals surface area contributed by atoms with Crippen LogP contribution in [0.4, 0.5) is 0 Å². The minimum Gasteiger partial charge on any atom is -0.383 e. The van der Waals surface area contributed by atoms with Gasteiger partial charge in [-0.05, 0) is 0 Å². The van der Waals surface area contributed by atoms with E-state index >= 15 is 0 Å². The van der Waals surface area contributed by atoms with Crippen molar-refractivity contribution in [1.82, 2.24) is 9.55 Å². The van der Waals surface area contributed by atoms with Crippen LogP contribution in [0.1, 0.15) is 5.69 Å². The number of hydrogen-bond donors (Lipinski definition) is 1. The first-order chi connectivity index (χ1) is 6.25. The molecule has 2 N–H and O–H groups in total. The van der Waals surface area contributed by atoms with E-state index in [1.807, 2.05) is 11.6 Å². The van der Waals surface area contributed by atoms with E-state index in [1.165, 1.54) is 0 Å². The van der Waals surface area contributed by atoms with Crippen molar-refractivity contribution in [2.24, 2.45) is 17.8 Å². The van der Waals surface area contributed by atoms with E-state index in [1.54, 1.807) is 19.6 Å². The SMILES string of the molecule is COCCN=C(N)c1cncn1C. The summed E-state index contributed by atoms with van der Waals surface area (Å²) in [4.78, 5) is 8.07. The summed E-state index contributed by atoms with van der Waals surface area (Å²) in [6, 6.07) is 0. The Morgan fingerprint density at radius 3 is 3.08 bits per heavy atom. The highest BCUT2D eigenvalue weighted by Gasteiger charge is 2.01. The predicted molar refractivity (Wildman–Crippen MR) is 50.7 cm³/mol. The number of hydrogen-bond acceptors (Lipinski definition) is 3. The number of aromatic nitrogens is 2. The molecule has 0 saturated carbocycles. The van der Waals surface area contributed by atoms with Crippen LogP contribution in [0.15, 0.2) is 17.5 Å². The maximum atomic E-state index is 5.71. The van der Waals surface area contributed by atoms with Crippen LogP contribution in [0.25, 0.3) is 0 Å². The third-order valence-corrected chi connectivity index (χ3v) is 1.66. The van der Waals surface area contributed by atoms with Gasteiger partial charge in [0.1, 0.15) is 11.5 Å². The van der Waals surface area contributed by atoms with E-state index < -0.39 is 0 Å². The second-order valence-electron chi connectivity index (χ2n) is 2.65. The molecule has 0 saturated heterocycles. The summed E-state index contributed by atoms with van der Waals surface area (Å²) in [5.74, 6) is 0.497. The topological polar surface area (TPSA) is 65.4 Å². The van der Waals surface area contributed by atoms with E-state index in [0.717, 1.165) is 5.69 Å². The molecule has 1 heterocycles. The highest BCUT2D eigenvalue weighted by Crippen LogP contribution is 1.95.